The number of carbonyl (C=O) groups excluding carboxylic acids is 2. The second-order valence-corrected chi connectivity index (χ2v) is 6.01. The molecule has 1 saturated heterocycles. The number of amides is 2. The van der Waals surface area contributed by atoms with Gasteiger partial charge < -0.3 is 15.5 Å². The second kappa shape index (κ2) is 8.23. The molecule has 0 bridgehead atoms. The standard InChI is InChI=1S/C18H21N5O2/c24-16(17(25)22-15-5-2-1-3-6-15)21-13-14-7-11-23(12-8-14)18-19-9-4-10-20-18/h1-6,9-10,14H,7-8,11-13H2,(H,21,24)(H,22,25). The number of hydrogen-bond donors (Lipinski definition) is 2. The maximum absolute atomic E-state index is 11.9. The van der Waals surface area contributed by atoms with Gasteiger partial charge in [-0.1, -0.05) is 18.2 Å². The van der Waals surface area contributed by atoms with Gasteiger partial charge in [-0.05, 0) is 37.0 Å². The first-order chi connectivity index (χ1) is 12.2. The maximum atomic E-state index is 11.9. The number of piperidine rings is 1. The van der Waals surface area contributed by atoms with Gasteiger partial charge in [0.15, 0.2) is 0 Å². The molecular formula is C18H21N5O2. The average molecular weight is 339 g/mol. The number of anilines is 2. The Morgan fingerprint density at radius 2 is 1.68 bits per heavy atom. The lowest BCUT2D eigenvalue weighted by Crippen LogP contribution is -2.42. The summed E-state index contributed by atoms with van der Waals surface area (Å²) in [6.07, 6.45) is 5.33. The topological polar surface area (TPSA) is 87.2 Å². The number of para-hydroxylation sites is 1. The van der Waals surface area contributed by atoms with Crippen molar-refractivity contribution >= 4 is 23.5 Å². The fraction of sp³-hybridized carbons (Fsp3) is 0.333. The highest BCUT2D eigenvalue weighted by Gasteiger charge is 2.22. The quantitative estimate of drug-likeness (QED) is 0.823. The Labute approximate surface area is 146 Å². The summed E-state index contributed by atoms with van der Waals surface area (Å²) in [6, 6.07) is 10.7. The molecule has 0 spiro atoms. The summed E-state index contributed by atoms with van der Waals surface area (Å²) in [7, 11) is 0. The number of benzene rings is 1. The van der Waals surface area contributed by atoms with E-state index in [4.69, 9.17) is 0 Å². The zero-order valence-corrected chi connectivity index (χ0v) is 13.9. The molecule has 0 atom stereocenters. The molecule has 2 aromatic rings. The van der Waals surface area contributed by atoms with Crippen molar-refractivity contribution in [3.05, 3.63) is 48.8 Å². The van der Waals surface area contributed by atoms with Gasteiger partial charge in [0.2, 0.25) is 5.95 Å². The summed E-state index contributed by atoms with van der Waals surface area (Å²) in [5.41, 5.74) is 0.610. The number of rotatable bonds is 4. The SMILES string of the molecule is O=C(NCC1CCN(c2ncccn2)CC1)C(=O)Nc1ccccc1. The number of nitrogens with zero attached hydrogens (tertiary/aromatic N) is 3. The molecule has 130 valence electrons. The monoisotopic (exact) mass is 339 g/mol. The lowest BCUT2D eigenvalue weighted by atomic mass is 9.97. The number of nitrogens with one attached hydrogen (secondary N) is 2. The Morgan fingerprint density at radius 1 is 1.00 bits per heavy atom. The fourth-order valence-corrected chi connectivity index (χ4v) is 2.82. The van der Waals surface area contributed by atoms with Gasteiger partial charge in [0, 0.05) is 37.7 Å². The van der Waals surface area contributed by atoms with Gasteiger partial charge in [-0.3, -0.25) is 9.59 Å². The van der Waals surface area contributed by atoms with Gasteiger partial charge in [-0.25, -0.2) is 9.97 Å². The molecule has 1 aliphatic heterocycles. The Bertz CT molecular complexity index is 700. The highest BCUT2D eigenvalue weighted by Crippen LogP contribution is 2.19. The molecule has 0 aliphatic carbocycles. The molecule has 2 amide bonds. The van der Waals surface area contributed by atoms with E-state index in [1.807, 2.05) is 6.07 Å². The molecule has 2 heterocycles. The van der Waals surface area contributed by atoms with Crippen molar-refractivity contribution in [2.75, 3.05) is 29.9 Å². The molecule has 2 N–H and O–H groups in total. The minimum atomic E-state index is -0.638. The molecule has 7 nitrogen and oxygen atoms in total. The van der Waals surface area contributed by atoms with Gasteiger partial charge >= 0.3 is 11.8 Å². The van der Waals surface area contributed by atoms with Crippen molar-refractivity contribution in [3.63, 3.8) is 0 Å². The summed E-state index contributed by atoms with van der Waals surface area (Å²) < 4.78 is 0. The van der Waals surface area contributed by atoms with E-state index in [0.29, 0.717) is 18.2 Å². The van der Waals surface area contributed by atoms with Gasteiger partial charge in [0.05, 0.1) is 0 Å². The fourth-order valence-electron chi connectivity index (χ4n) is 2.82. The zero-order chi connectivity index (χ0) is 17.5. The van der Waals surface area contributed by atoms with E-state index >= 15 is 0 Å². The molecule has 7 heteroatoms. The summed E-state index contributed by atoms with van der Waals surface area (Å²) >= 11 is 0. The van der Waals surface area contributed by atoms with Crippen molar-refractivity contribution in [3.8, 4) is 0 Å². The van der Waals surface area contributed by atoms with E-state index in [1.165, 1.54) is 0 Å². The largest absolute Gasteiger partial charge is 0.348 e. The van der Waals surface area contributed by atoms with E-state index < -0.39 is 11.8 Å². The Balaban J connectivity index is 1.40. The minimum absolute atomic E-state index is 0.355. The molecule has 0 unspecified atom stereocenters. The van der Waals surface area contributed by atoms with Gasteiger partial charge in [-0.2, -0.15) is 0 Å². The summed E-state index contributed by atoms with van der Waals surface area (Å²) in [6.45, 7) is 2.20. The summed E-state index contributed by atoms with van der Waals surface area (Å²) in [5.74, 6) is -0.139. The molecule has 1 aromatic heterocycles. The molecule has 0 saturated carbocycles. The van der Waals surface area contributed by atoms with Gasteiger partial charge in [-0.15, -0.1) is 0 Å². The highest BCUT2D eigenvalue weighted by atomic mass is 16.2. The molecular weight excluding hydrogens is 318 g/mol. The minimum Gasteiger partial charge on any atom is -0.348 e. The van der Waals surface area contributed by atoms with E-state index in [9.17, 15) is 9.59 Å². The van der Waals surface area contributed by atoms with Crippen LogP contribution in [0.2, 0.25) is 0 Å². The first-order valence-corrected chi connectivity index (χ1v) is 8.38. The smallest absolute Gasteiger partial charge is 0.313 e. The van der Waals surface area contributed by atoms with Crippen LogP contribution in [0.1, 0.15) is 12.8 Å². The van der Waals surface area contributed by atoms with Crippen molar-refractivity contribution in [2.45, 2.75) is 12.8 Å². The number of carbonyl (C=O) groups is 2. The van der Waals surface area contributed by atoms with Crippen LogP contribution in [0.4, 0.5) is 11.6 Å². The van der Waals surface area contributed by atoms with Crippen molar-refractivity contribution < 1.29 is 9.59 Å². The van der Waals surface area contributed by atoms with E-state index in [2.05, 4.69) is 25.5 Å². The molecule has 0 radical (unpaired) electrons. The predicted octanol–water partition coefficient (Wildman–Crippen LogP) is 1.45. The Hall–Kier alpha value is -2.96. The van der Waals surface area contributed by atoms with Crippen molar-refractivity contribution in [1.29, 1.82) is 0 Å². The van der Waals surface area contributed by atoms with Crippen LogP contribution in [0.5, 0.6) is 0 Å². The van der Waals surface area contributed by atoms with Gasteiger partial charge in [0.25, 0.3) is 0 Å². The summed E-state index contributed by atoms with van der Waals surface area (Å²) in [4.78, 5) is 34.4. The van der Waals surface area contributed by atoms with Crippen molar-refractivity contribution in [2.24, 2.45) is 5.92 Å². The summed E-state index contributed by atoms with van der Waals surface area (Å²) in [5, 5.41) is 5.31. The van der Waals surface area contributed by atoms with Crippen LogP contribution in [0.3, 0.4) is 0 Å². The van der Waals surface area contributed by atoms with Crippen LogP contribution in [0.25, 0.3) is 0 Å². The molecule has 1 aromatic carbocycles. The molecule has 1 aliphatic rings. The lowest BCUT2D eigenvalue weighted by molar-refractivity contribution is -0.136. The Morgan fingerprint density at radius 3 is 2.36 bits per heavy atom. The van der Waals surface area contributed by atoms with Crippen LogP contribution < -0.4 is 15.5 Å². The lowest BCUT2D eigenvalue weighted by Gasteiger charge is -2.31. The number of hydrogen-bond acceptors (Lipinski definition) is 5. The molecule has 1 fully saturated rings. The third-order valence-electron chi connectivity index (χ3n) is 4.24. The second-order valence-electron chi connectivity index (χ2n) is 6.01. The van der Waals surface area contributed by atoms with Crippen LogP contribution in [0, 0.1) is 5.92 Å². The third kappa shape index (κ3) is 4.76. The first kappa shape index (κ1) is 16.9. The molecule has 25 heavy (non-hydrogen) atoms. The van der Waals surface area contributed by atoms with Crippen LogP contribution >= 0.6 is 0 Å². The van der Waals surface area contributed by atoms with Crippen molar-refractivity contribution in [1.82, 2.24) is 15.3 Å². The van der Waals surface area contributed by atoms with Crippen LogP contribution in [0.15, 0.2) is 48.8 Å². The third-order valence-corrected chi connectivity index (χ3v) is 4.24. The number of aromatic nitrogens is 2. The highest BCUT2D eigenvalue weighted by molar-refractivity contribution is 6.39. The molecule has 3 rings (SSSR count). The first-order valence-electron chi connectivity index (χ1n) is 8.38. The van der Waals surface area contributed by atoms with E-state index in [-0.39, 0.29) is 0 Å². The maximum Gasteiger partial charge on any atom is 0.313 e. The van der Waals surface area contributed by atoms with Gasteiger partial charge in [0.1, 0.15) is 0 Å². The van der Waals surface area contributed by atoms with E-state index in [0.717, 1.165) is 31.9 Å². The van der Waals surface area contributed by atoms with Crippen LogP contribution in [-0.2, 0) is 9.59 Å². The zero-order valence-electron chi connectivity index (χ0n) is 13.9. The van der Waals surface area contributed by atoms with E-state index in [1.54, 1.807) is 42.7 Å². The normalized spacial score (nSPS) is 14.8. The average Bonchev–Trinajstić information content (AvgIpc) is 2.68. The van der Waals surface area contributed by atoms with Crippen LogP contribution in [-0.4, -0.2) is 41.4 Å². The predicted molar refractivity (Wildman–Crippen MR) is 95.1 cm³/mol. The Kier molecular flexibility index (Phi) is 5.56.